The van der Waals surface area contributed by atoms with E-state index in [0.717, 1.165) is 25.7 Å². The number of hydrogen-bond donors (Lipinski definition) is 2. The predicted molar refractivity (Wildman–Crippen MR) is 86.2 cm³/mol. The van der Waals surface area contributed by atoms with Gasteiger partial charge in [-0.15, -0.1) is 0 Å². The lowest BCUT2D eigenvalue weighted by molar-refractivity contribution is -0.132. The standard InChI is InChI=1S/C17H23N3O3/c1-3-5-6-14(4-2)17(22)20-19-16(21)12-23-15-9-7-13(11-18)8-10-15/h7-10,14H,3-6,12H2,1-2H3,(H,19,21)(H,20,22). The predicted octanol–water partition coefficient (Wildman–Crippen LogP) is 2.30. The second-order valence-electron chi connectivity index (χ2n) is 5.21. The van der Waals surface area contributed by atoms with Gasteiger partial charge in [-0.1, -0.05) is 26.7 Å². The van der Waals surface area contributed by atoms with E-state index in [1.807, 2.05) is 13.0 Å². The molecule has 1 unspecified atom stereocenters. The average molecular weight is 317 g/mol. The highest BCUT2D eigenvalue weighted by Gasteiger charge is 2.16. The molecule has 0 aromatic heterocycles. The van der Waals surface area contributed by atoms with Crippen LogP contribution in [0.15, 0.2) is 24.3 Å². The van der Waals surface area contributed by atoms with Crippen LogP contribution in [0.5, 0.6) is 5.75 Å². The number of unbranched alkanes of at least 4 members (excludes halogenated alkanes) is 1. The molecule has 6 nitrogen and oxygen atoms in total. The number of hydrazine groups is 1. The molecule has 0 heterocycles. The first-order valence-electron chi connectivity index (χ1n) is 7.82. The molecule has 124 valence electrons. The third-order valence-corrected chi connectivity index (χ3v) is 3.45. The maximum absolute atomic E-state index is 11.9. The largest absolute Gasteiger partial charge is 0.484 e. The van der Waals surface area contributed by atoms with Crippen LogP contribution in [-0.2, 0) is 9.59 Å². The smallest absolute Gasteiger partial charge is 0.276 e. The van der Waals surface area contributed by atoms with E-state index >= 15 is 0 Å². The minimum atomic E-state index is -0.437. The third kappa shape index (κ3) is 6.83. The SMILES string of the molecule is CCCCC(CC)C(=O)NNC(=O)COc1ccc(C#N)cc1. The van der Waals surface area contributed by atoms with E-state index in [2.05, 4.69) is 17.8 Å². The van der Waals surface area contributed by atoms with Crippen LogP contribution in [0, 0.1) is 17.2 Å². The van der Waals surface area contributed by atoms with Gasteiger partial charge in [-0.2, -0.15) is 5.26 Å². The topological polar surface area (TPSA) is 91.2 Å². The van der Waals surface area contributed by atoms with Gasteiger partial charge in [0.2, 0.25) is 5.91 Å². The van der Waals surface area contributed by atoms with E-state index in [1.54, 1.807) is 24.3 Å². The van der Waals surface area contributed by atoms with Crippen molar-refractivity contribution in [2.75, 3.05) is 6.61 Å². The van der Waals surface area contributed by atoms with Gasteiger partial charge in [0.25, 0.3) is 5.91 Å². The molecule has 1 atom stereocenters. The Balaban J connectivity index is 2.32. The molecule has 1 aromatic rings. The van der Waals surface area contributed by atoms with Crippen molar-refractivity contribution >= 4 is 11.8 Å². The summed E-state index contributed by atoms with van der Waals surface area (Å²) in [4.78, 5) is 23.6. The van der Waals surface area contributed by atoms with Crippen molar-refractivity contribution in [2.24, 2.45) is 5.92 Å². The van der Waals surface area contributed by atoms with E-state index in [0.29, 0.717) is 11.3 Å². The summed E-state index contributed by atoms with van der Waals surface area (Å²) in [7, 11) is 0. The Hall–Kier alpha value is -2.55. The molecule has 1 aromatic carbocycles. The Morgan fingerprint density at radius 3 is 2.48 bits per heavy atom. The molecule has 0 aliphatic heterocycles. The number of carbonyl (C=O) groups excluding carboxylic acids is 2. The summed E-state index contributed by atoms with van der Waals surface area (Å²) < 4.78 is 5.28. The van der Waals surface area contributed by atoms with Crippen LogP contribution in [0.1, 0.15) is 45.1 Å². The average Bonchev–Trinajstić information content (AvgIpc) is 2.59. The zero-order valence-corrected chi connectivity index (χ0v) is 13.6. The molecule has 0 aliphatic rings. The lowest BCUT2D eigenvalue weighted by Crippen LogP contribution is -2.46. The molecule has 2 N–H and O–H groups in total. The Morgan fingerprint density at radius 1 is 1.22 bits per heavy atom. The van der Waals surface area contributed by atoms with Crippen molar-refractivity contribution in [2.45, 2.75) is 39.5 Å². The van der Waals surface area contributed by atoms with E-state index in [9.17, 15) is 9.59 Å². The van der Waals surface area contributed by atoms with E-state index in [-0.39, 0.29) is 18.4 Å². The first-order valence-corrected chi connectivity index (χ1v) is 7.82. The number of hydrogen-bond acceptors (Lipinski definition) is 4. The zero-order chi connectivity index (χ0) is 17.1. The van der Waals surface area contributed by atoms with Crippen molar-refractivity contribution in [1.82, 2.24) is 10.9 Å². The summed E-state index contributed by atoms with van der Waals surface area (Å²) in [6.45, 7) is 3.82. The fourth-order valence-electron chi connectivity index (χ4n) is 2.02. The van der Waals surface area contributed by atoms with Crippen molar-refractivity contribution in [1.29, 1.82) is 5.26 Å². The lowest BCUT2D eigenvalue weighted by atomic mass is 9.99. The summed E-state index contributed by atoms with van der Waals surface area (Å²) in [6.07, 6.45) is 3.58. The van der Waals surface area contributed by atoms with Crippen molar-refractivity contribution < 1.29 is 14.3 Å². The Labute approximate surface area is 136 Å². The van der Waals surface area contributed by atoms with Gasteiger partial charge in [0.15, 0.2) is 6.61 Å². The number of carbonyl (C=O) groups is 2. The molecule has 0 bridgehead atoms. The van der Waals surface area contributed by atoms with Crippen LogP contribution >= 0.6 is 0 Å². The van der Waals surface area contributed by atoms with E-state index < -0.39 is 5.91 Å². The van der Waals surface area contributed by atoms with Gasteiger partial charge in [-0.25, -0.2) is 0 Å². The number of ether oxygens (including phenoxy) is 1. The molecule has 0 spiro atoms. The van der Waals surface area contributed by atoms with Crippen LogP contribution < -0.4 is 15.6 Å². The molecule has 2 amide bonds. The van der Waals surface area contributed by atoms with Crippen molar-refractivity contribution in [3.8, 4) is 11.8 Å². The van der Waals surface area contributed by atoms with E-state index in [4.69, 9.17) is 10.00 Å². The fraction of sp³-hybridized carbons (Fsp3) is 0.471. The van der Waals surface area contributed by atoms with Gasteiger partial charge in [0.1, 0.15) is 5.75 Å². The summed E-state index contributed by atoms with van der Waals surface area (Å²) >= 11 is 0. The lowest BCUT2D eigenvalue weighted by Gasteiger charge is -2.15. The van der Waals surface area contributed by atoms with Gasteiger partial charge in [0, 0.05) is 5.92 Å². The summed E-state index contributed by atoms with van der Waals surface area (Å²) in [5, 5.41) is 8.69. The Morgan fingerprint density at radius 2 is 1.91 bits per heavy atom. The van der Waals surface area contributed by atoms with Crippen LogP contribution in [-0.4, -0.2) is 18.4 Å². The Kier molecular flexibility index (Phi) is 8.22. The van der Waals surface area contributed by atoms with Crippen LogP contribution in [0.4, 0.5) is 0 Å². The maximum atomic E-state index is 11.9. The third-order valence-electron chi connectivity index (χ3n) is 3.45. The number of nitrogens with zero attached hydrogens (tertiary/aromatic N) is 1. The number of amides is 2. The van der Waals surface area contributed by atoms with Crippen molar-refractivity contribution in [3.63, 3.8) is 0 Å². The molecule has 0 saturated carbocycles. The second-order valence-corrected chi connectivity index (χ2v) is 5.21. The fourth-order valence-corrected chi connectivity index (χ4v) is 2.02. The maximum Gasteiger partial charge on any atom is 0.276 e. The minimum absolute atomic E-state index is 0.0882. The van der Waals surface area contributed by atoms with Gasteiger partial charge >= 0.3 is 0 Å². The number of rotatable bonds is 8. The molecular weight excluding hydrogens is 294 g/mol. The van der Waals surface area contributed by atoms with E-state index in [1.165, 1.54) is 0 Å². The number of benzene rings is 1. The highest BCUT2D eigenvalue weighted by Crippen LogP contribution is 2.12. The summed E-state index contributed by atoms with van der Waals surface area (Å²) in [6, 6.07) is 8.44. The molecule has 0 saturated heterocycles. The normalized spacial score (nSPS) is 11.2. The number of nitrogens with one attached hydrogen (secondary N) is 2. The van der Waals surface area contributed by atoms with Gasteiger partial charge in [-0.05, 0) is 37.1 Å². The number of nitriles is 1. The molecule has 0 aliphatic carbocycles. The van der Waals surface area contributed by atoms with Crippen molar-refractivity contribution in [3.05, 3.63) is 29.8 Å². The van der Waals surface area contributed by atoms with Gasteiger partial charge in [-0.3, -0.25) is 20.4 Å². The summed E-state index contributed by atoms with van der Waals surface area (Å²) in [5.74, 6) is -0.213. The minimum Gasteiger partial charge on any atom is -0.484 e. The summed E-state index contributed by atoms with van der Waals surface area (Å²) in [5.41, 5.74) is 5.31. The van der Waals surface area contributed by atoms with Crippen LogP contribution in [0.2, 0.25) is 0 Å². The van der Waals surface area contributed by atoms with Gasteiger partial charge in [0.05, 0.1) is 11.6 Å². The molecule has 23 heavy (non-hydrogen) atoms. The first-order chi connectivity index (χ1) is 11.1. The Bertz CT molecular complexity index is 549. The second kappa shape index (κ2) is 10.2. The highest BCUT2D eigenvalue weighted by molar-refractivity contribution is 5.83. The molecule has 6 heteroatoms. The molecular formula is C17H23N3O3. The van der Waals surface area contributed by atoms with Crippen LogP contribution in [0.3, 0.4) is 0 Å². The molecule has 0 fully saturated rings. The quantitative estimate of drug-likeness (QED) is 0.720. The van der Waals surface area contributed by atoms with Gasteiger partial charge < -0.3 is 4.74 Å². The molecule has 1 rings (SSSR count). The highest BCUT2D eigenvalue weighted by atomic mass is 16.5. The zero-order valence-electron chi connectivity index (χ0n) is 13.6. The first kappa shape index (κ1) is 18.5. The molecule has 0 radical (unpaired) electrons. The monoisotopic (exact) mass is 317 g/mol. The van der Waals surface area contributed by atoms with Crippen LogP contribution in [0.25, 0.3) is 0 Å².